The normalized spacial score (nSPS) is 26.1. The van der Waals surface area contributed by atoms with Gasteiger partial charge in [-0.25, -0.2) is 0 Å². The number of ether oxygens (including phenoxy) is 1. The van der Waals surface area contributed by atoms with E-state index in [9.17, 15) is 0 Å². The molecule has 0 heterocycles. The van der Waals surface area contributed by atoms with E-state index in [-0.39, 0.29) is 6.10 Å². The standard InChI is InChI=1S/C18H29NO/c1-4-14-10-12-15(13-11-14)17(19-2)18(20-3)16-8-6-5-7-9-16/h5-9,14-15,17-19H,4,10-13H2,1-3H3. The third-order valence-electron chi connectivity index (χ3n) is 5.02. The Morgan fingerprint density at radius 1 is 1.15 bits per heavy atom. The first-order valence-electron chi connectivity index (χ1n) is 8.05. The number of methoxy groups -OCH3 is 1. The zero-order valence-corrected chi connectivity index (χ0v) is 13.1. The quantitative estimate of drug-likeness (QED) is 0.841. The van der Waals surface area contributed by atoms with Crippen LogP contribution in [0.2, 0.25) is 0 Å². The molecule has 112 valence electrons. The van der Waals surface area contributed by atoms with Gasteiger partial charge in [0.05, 0.1) is 6.10 Å². The van der Waals surface area contributed by atoms with E-state index in [0.717, 1.165) is 11.8 Å². The smallest absolute Gasteiger partial charge is 0.0976 e. The lowest BCUT2D eigenvalue weighted by atomic mass is 9.75. The summed E-state index contributed by atoms with van der Waals surface area (Å²) >= 11 is 0. The molecule has 2 heteroatoms. The average Bonchev–Trinajstić information content (AvgIpc) is 2.53. The molecule has 1 fully saturated rings. The van der Waals surface area contributed by atoms with Gasteiger partial charge in [-0.15, -0.1) is 0 Å². The molecular formula is C18H29NO. The predicted octanol–water partition coefficient (Wildman–Crippen LogP) is 4.18. The highest BCUT2D eigenvalue weighted by Crippen LogP contribution is 2.36. The Balaban J connectivity index is 2.06. The molecule has 0 spiro atoms. The summed E-state index contributed by atoms with van der Waals surface area (Å²) in [6.07, 6.45) is 6.91. The molecule has 2 unspecified atom stereocenters. The lowest BCUT2D eigenvalue weighted by Crippen LogP contribution is -2.41. The summed E-state index contributed by atoms with van der Waals surface area (Å²) in [7, 11) is 3.91. The lowest BCUT2D eigenvalue weighted by molar-refractivity contribution is 0.0372. The molecule has 20 heavy (non-hydrogen) atoms. The van der Waals surface area contributed by atoms with E-state index < -0.39 is 0 Å². The number of benzene rings is 1. The first kappa shape index (κ1) is 15.5. The summed E-state index contributed by atoms with van der Waals surface area (Å²) in [5, 5.41) is 3.53. The maximum absolute atomic E-state index is 5.83. The van der Waals surface area contributed by atoms with Crippen LogP contribution in [-0.2, 0) is 4.74 Å². The van der Waals surface area contributed by atoms with Crippen LogP contribution in [0, 0.1) is 11.8 Å². The summed E-state index contributed by atoms with van der Waals surface area (Å²) in [6.45, 7) is 2.32. The Kier molecular flexibility index (Phi) is 6.06. The molecule has 0 aromatic heterocycles. The van der Waals surface area contributed by atoms with E-state index in [4.69, 9.17) is 4.74 Å². The minimum atomic E-state index is 0.157. The number of hydrogen-bond acceptors (Lipinski definition) is 2. The van der Waals surface area contributed by atoms with E-state index in [0.29, 0.717) is 6.04 Å². The first-order valence-corrected chi connectivity index (χ1v) is 8.05. The lowest BCUT2D eigenvalue weighted by Gasteiger charge is -2.37. The fraction of sp³-hybridized carbons (Fsp3) is 0.667. The molecule has 2 nitrogen and oxygen atoms in total. The fourth-order valence-corrected chi connectivity index (χ4v) is 3.72. The molecule has 2 atom stereocenters. The average molecular weight is 275 g/mol. The molecule has 0 radical (unpaired) electrons. The zero-order chi connectivity index (χ0) is 14.4. The minimum Gasteiger partial charge on any atom is -0.375 e. The van der Waals surface area contributed by atoms with Crippen molar-refractivity contribution in [1.82, 2.24) is 5.32 Å². The van der Waals surface area contributed by atoms with E-state index >= 15 is 0 Å². The van der Waals surface area contributed by atoms with Crippen LogP contribution in [0.4, 0.5) is 0 Å². The van der Waals surface area contributed by atoms with Crippen molar-refractivity contribution in [3.05, 3.63) is 35.9 Å². The van der Waals surface area contributed by atoms with Crippen molar-refractivity contribution >= 4 is 0 Å². The predicted molar refractivity (Wildman–Crippen MR) is 84.8 cm³/mol. The molecule has 1 aliphatic carbocycles. The van der Waals surface area contributed by atoms with Crippen LogP contribution in [0.15, 0.2) is 30.3 Å². The van der Waals surface area contributed by atoms with Crippen molar-refractivity contribution in [2.75, 3.05) is 14.2 Å². The summed E-state index contributed by atoms with van der Waals surface area (Å²) in [5.41, 5.74) is 1.28. The summed E-state index contributed by atoms with van der Waals surface area (Å²) in [4.78, 5) is 0. The van der Waals surface area contributed by atoms with Crippen molar-refractivity contribution in [2.24, 2.45) is 11.8 Å². The Labute approximate surface area is 123 Å². The summed E-state index contributed by atoms with van der Waals surface area (Å²) in [5.74, 6) is 1.68. The molecule has 0 bridgehead atoms. The number of hydrogen-bond donors (Lipinski definition) is 1. The number of likely N-dealkylation sites (N-methyl/N-ethyl adjacent to an activating group) is 1. The minimum absolute atomic E-state index is 0.157. The van der Waals surface area contributed by atoms with Crippen LogP contribution >= 0.6 is 0 Å². The maximum atomic E-state index is 5.83. The second-order valence-corrected chi connectivity index (χ2v) is 6.07. The number of nitrogens with one attached hydrogen (secondary N) is 1. The van der Waals surface area contributed by atoms with Crippen LogP contribution in [0.5, 0.6) is 0 Å². The molecule has 1 aromatic carbocycles. The van der Waals surface area contributed by atoms with Crippen LogP contribution < -0.4 is 5.32 Å². The van der Waals surface area contributed by atoms with Crippen LogP contribution in [0.1, 0.15) is 50.7 Å². The van der Waals surface area contributed by atoms with E-state index in [1.54, 1.807) is 0 Å². The third-order valence-corrected chi connectivity index (χ3v) is 5.02. The molecule has 0 saturated heterocycles. The van der Waals surface area contributed by atoms with Crippen molar-refractivity contribution in [1.29, 1.82) is 0 Å². The highest BCUT2D eigenvalue weighted by atomic mass is 16.5. The highest BCUT2D eigenvalue weighted by molar-refractivity contribution is 5.19. The molecule has 1 aliphatic rings. The molecular weight excluding hydrogens is 246 g/mol. The van der Waals surface area contributed by atoms with Gasteiger partial charge < -0.3 is 10.1 Å². The Morgan fingerprint density at radius 3 is 2.30 bits per heavy atom. The van der Waals surface area contributed by atoms with Gasteiger partial charge in [-0.3, -0.25) is 0 Å². The number of rotatable bonds is 6. The van der Waals surface area contributed by atoms with Gasteiger partial charge in [0.15, 0.2) is 0 Å². The van der Waals surface area contributed by atoms with Crippen molar-refractivity contribution in [2.45, 2.75) is 51.2 Å². The SMILES string of the molecule is CCC1CCC(C(NC)C(OC)c2ccccc2)CC1. The second-order valence-electron chi connectivity index (χ2n) is 6.07. The zero-order valence-electron chi connectivity index (χ0n) is 13.1. The van der Waals surface area contributed by atoms with Gasteiger partial charge in [0.1, 0.15) is 0 Å². The molecule has 0 amide bonds. The van der Waals surface area contributed by atoms with Crippen LogP contribution in [0.25, 0.3) is 0 Å². The summed E-state index contributed by atoms with van der Waals surface area (Å²) in [6, 6.07) is 11.0. The third kappa shape index (κ3) is 3.62. The highest BCUT2D eigenvalue weighted by Gasteiger charge is 2.32. The van der Waals surface area contributed by atoms with E-state index in [1.807, 2.05) is 7.11 Å². The summed E-state index contributed by atoms with van der Waals surface area (Å²) < 4.78 is 5.83. The second kappa shape index (κ2) is 7.80. The molecule has 0 aliphatic heterocycles. The Bertz CT molecular complexity index is 370. The van der Waals surface area contributed by atoms with Gasteiger partial charge in [0, 0.05) is 13.2 Å². The maximum Gasteiger partial charge on any atom is 0.0976 e. The Morgan fingerprint density at radius 2 is 1.80 bits per heavy atom. The topological polar surface area (TPSA) is 21.3 Å². The molecule has 1 saturated carbocycles. The van der Waals surface area contributed by atoms with Crippen LogP contribution in [0.3, 0.4) is 0 Å². The van der Waals surface area contributed by atoms with Crippen LogP contribution in [-0.4, -0.2) is 20.2 Å². The molecule has 2 rings (SSSR count). The van der Waals surface area contributed by atoms with Gasteiger partial charge >= 0.3 is 0 Å². The van der Waals surface area contributed by atoms with Gasteiger partial charge in [-0.1, -0.05) is 56.5 Å². The van der Waals surface area contributed by atoms with Crippen molar-refractivity contribution in [3.63, 3.8) is 0 Å². The van der Waals surface area contributed by atoms with E-state index in [1.165, 1.54) is 37.7 Å². The van der Waals surface area contributed by atoms with Gasteiger partial charge in [0.2, 0.25) is 0 Å². The fourth-order valence-electron chi connectivity index (χ4n) is 3.72. The van der Waals surface area contributed by atoms with Gasteiger partial charge in [-0.2, -0.15) is 0 Å². The monoisotopic (exact) mass is 275 g/mol. The van der Waals surface area contributed by atoms with Gasteiger partial charge in [0.25, 0.3) is 0 Å². The van der Waals surface area contributed by atoms with Crippen molar-refractivity contribution in [3.8, 4) is 0 Å². The first-order chi connectivity index (χ1) is 9.80. The molecule has 1 N–H and O–H groups in total. The van der Waals surface area contributed by atoms with Crippen molar-refractivity contribution < 1.29 is 4.74 Å². The largest absolute Gasteiger partial charge is 0.375 e. The van der Waals surface area contributed by atoms with E-state index in [2.05, 4.69) is 49.6 Å². The van der Waals surface area contributed by atoms with Gasteiger partial charge in [-0.05, 0) is 37.3 Å². The Hall–Kier alpha value is -0.860. The molecule has 1 aromatic rings.